The van der Waals surface area contributed by atoms with Gasteiger partial charge in [-0.2, -0.15) is 0 Å². The molecule has 0 unspecified atom stereocenters. The van der Waals surface area contributed by atoms with E-state index in [0.29, 0.717) is 31.2 Å². The summed E-state index contributed by atoms with van der Waals surface area (Å²) in [4.78, 5) is 18.4. The number of hydrogen-bond acceptors (Lipinski definition) is 7. The molecule has 2 aromatic carbocycles. The summed E-state index contributed by atoms with van der Waals surface area (Å²) < 4.78 is 22.4. The Morgan fingerprint density at radius 2 is 1.90 bits per heavy atom. The maximum atomic E-state index is 11.6. The number of likely N-dealkylation sites (N-methyl/N-ethyl adjacent to an activating group) is 1. The number of hydrogen-bond donors (Lipinski definition) is 0. The number of aryl methyl sites for hydroxylation is 1. The van der Waals surface area contributed by atoms with Crippen LogP contribution in [0.2, 0.25) is 0 Å². The van der Waals surface area contributed by atoms with Crippen LogP contribution in [0, 0.1) is 6.92 Å². The van der Waals surface area contributed by atoms with Gasteiger partial charge in [-0.05, 0) is 50.4 Å². The van der Waals surface area contributed by atoms with Crippen LogP contribution in [0.1, 0.15) is 21.8 Å². The summed E-state index contributed by atoms with van der Waals surface area (Å²) in [6.45, 7) is 3.73. The van der Waals surface area contributed by atoms with E-state index in [4.69, 9.17) is 18.6 Å². The van der Waals surface area contributed by atoms with Crippen LogP contribution >= 0.6 is 0 Å². The van der Waals surface area contributed by atoms with Crippen molar-refractivity contribution in [2.24, 2.45) is 0 Å². The number of methoxy groups -OCH3 is 1. The predicted octanol–water partition coefficient (Wildman–Crippen LogP) is 3.71. The van der Waals surface area contributed by atoms with E-state index >= 15 is 0 Å². The van der Waals surface area contributed by atoms with Crippen molar-refractivity contribution in [1.82, 2.24) is 9.88 Å². The van der Waals surface area contributed by atoms with Gasteiger partial charge < -0.3 is 18.6 Å². The fourth-order valence-electron chi connectivity index (χ4n) is 3.39. The van der Waals surface area contributed by atoms with E-state index in [1.165, 1.54) is 7.11 Å². The van der Waals surface area contributed by atoms with Gasteiger partial charge in [-0.15, -0.1) is 0 Å². The molecule has 1 aliphatic rings. The van der Waals surface area contributed by atoms with Crippen molar-refractivity contribution in [3.63, 3.8) is 0 Å². The molecule has 0 bridgehead atoms. The summed E-state index contributed by atoms with van der Waals surface area (Å²) in [6.07, 6.45) is -0.0533. The van der Waals surface area contributed by atoms with Crippen LogP contribution in [0.5, 0.6) is 11.5 Å². The number of fused-ring (bicyclic) bond motifs is 1. The first-order valence-corrected chi connectivity index (χ1v) is 9.75. The first kappa shape index (κ1) is 20.0. The summed E-state index contributed by atoms with van der Waals surface area (Å²) in [5, 5.41) is 0. The molecular weight excluding hydrogens is 384 g/mol. The summed E-state index contributed by atoms with van der Waals surface area (Å²) in [5.41, 5.74) is 2.16. The molecule has 30 heavy (non-hydrogen) atoms. The molecule has 0 fully saturated rings. The summed E-state index contributed by atoms with van der Waals surface area (Å²) >= 11 is 0. The van der Waals surface area contributed by atoms with Crippen molar-refractivity contribution >= 4 is 5.97 Å². The molecule has 1 aromatic heterocycles. The lowest BCUT2D eigenvalue weighted by molar-refractivity contribution is 0.0600. The zero-order valence-electron chi connectivity index (χ0n) is 17.3. The van der Waals surface area contributed by atoms with Crippen LogP contribution < -0.4 is 9.47 Å². The van der Waals surface area contributed by atoms with Crippen LogP contribution in [0.4, 0.5) is 0 Å². The lowest BCUT2D eigenvalue weighted by Crippen LogP contribution is -2.39. The van der Waals surface area contributed by atoms with Crippen molar-refractivity contribution < 1.29 is 23.4 Å². The highest BCUT2D eigenvalue weighted by molar-refractivity contribution is 5.89. The standard InChI is InChI=1S/C23H24N2O5/c1-15-19(24-22(29-15)16-8-10-17(11-9-16)23(26)27-3)13-25(2)12-18-14-28-20-6-4-5-7-21(20)30-18/h4-11,18H,12-14H2,1-3H3/t18-/m1/s1. The number of benzene rings is 2. The lowest BCUT2D eigenvalue weighted by Gasteiger charge is -2.29. The average molecular weight is 408 g/mol. The van der Waals surface area contributed by atoms with Gasteiger partial charge >= 0.3 is 5.97 Å². The summed E-state index contributed by atoms with van der Waals surface area (Å²) in [5.74, 6) is 2.48. The molecule has 0 saturated heterocycles. The minimum absolute atomic E-state index is 0.0533. The maximum Gasteiger partial charge on any atom is 0.337 e. The molecule has 1 aliphatic heterocycles. The topological polar surface area (TPSA) is 74.0 Å². The normalized spacial score (nSPS) is 15.3. The molecule has 0 radical (unpaired) electrons. The molecule has 3 aromatic rings. The van der Waals surface area contributed by atoms with Gasteiger partial charge in [0.25, 0.3) is 0 Å². The van der Waals surface area contributed by atoms with Crippen LogP contribution in [0.15, 0.2) is 52.9 Å². The largest absolute Gasteiger partial charge is 0.486 e. The highest BCUT2D eigenvalue weighted by Crippen LogP contribution is 2.31. The van der Waals surface area contributed by atoms with E-state index in [2.05, 4.69) is 9.88 Å². The number of nitrogens with zero attached hydrogens (tertiary/aromatic N) is 2. The number of carbonyl (C=O) groups is 1. The fourth-order valence-corrected chi connectivity index (χ4v) is 3.39. The van der Waals surface area contributed by atoms with Crippen molar-refractivity contribution in [3.05, 3.63) is 65.5 Å². The molecule has 0 aliphatic carbocycles. The Morgan fingerprint density at radius 3 is 2.63 bits per heavy atom. The average Bonchev–Trinajstić information content (AvgIpc) is 3.13. The fraction of sp³-hybridized carbons (Fsp3) is 0.304. The molecule has 7 heteroatoms. The maximum absolute atomic E-state index is 11.6. The van der Waals surface area contributed by atoms with Crippen LogP contribution in [-0.4, -0.2) is 49.3 Å². The molecule has 0 spiro atoms. The van der Waals surface area contributed by atoms with Crippen molar-refractivity contribution in [2.75, 3.05) is 27.3 Å². The zero-order valence-corrected chi connectivity index (χ0v) is 17.3. The molecule has 0 N–H and O–H groups in total. The van der Waals surface area contributed by atoms with Crippen molar-refractivity contribution in [2.45, 2.75) is 19.6 Å². The highest BCUT2D eigenvalue weighted by Gasteiger charge is 2.23. The van der Waals surface area contributed by atoms with Crippen molar-refractivity contribution in [1.29, 1.82) is 0 Å². The SMILES string of the molecule is COC(=O)c1ccc(-c2nc(CN(C)C[C@@H]3COc4ccccc4O3)c(C)o2)cc1. The molecule has 0 saturated carbocycles. The number of ether oxygens (including phenoxy) is 3. The number of para-hydroxylation sites is 2. The Kier molecular flexibility index (Phi) is 5.72. The number of oxazole rings is 1. The molecule has 1 atom stereocenters. The predicted molar refractivity (Wildman–Crippen MR) is 111 cm³/mol. The van der Waals surface area contributed by atoms with E-state index < -0.39 is 0 Å². The first-order chi connectivity index (χ1) is 14.5. The third kappa shape index (κ3) is 4.31. The van der Waals surface area contributed by atoms with Gasteiger partial charge in [0.05, 0.1) is 18.4 Å². The van der Waals surface area contributed by atoms with Crippen LogP contribution in [0.3, 0.4) is 0 Å². The van der Waals surface area contributed by atoms with Crippen molar-refractivity contribution in [3.8, 4) is 23.0 Å². The Morgan fingerprint density at radius 1 is 1.17 bits per heavy atom. The number of carbonyl (C=O) groups excluding carboxylic acids is 1. The Bertz CT molecular complexity index is 1030. The van der Waals surface area contributed by atoms with Gasteiger partial charge in [0.15, 0.2) is 11.5 Å². The quantitative estimate of drug-likeness (QED) is 0.576. The number of aromatic nitrogens is 1. The highest BCUT2D eigenvalue weighted by atomic mass is 16.6. The third-order valence-corrected chi connectivity index (χ3v) is 4.95. The summed E-state index contributed by atoms with van der Waals surface area (Å²) in [7, 11) is 3.38. The minimum Gasteiger partial charge on any atom is -0.486 e. The van der Waals surface area contributed by atoms with Gasteiger partial charge in [-0.25, -0.2) is 9.78 Å². The van der Waals surface area contributed by atoms with Gasteiger partial charge in [0.1, 0.15) is 18.5 Å². The van der Waals surface area contributed by atoms with Gasteiger partial charge in [-0.1, -0.05) is 12.1 Å². The van der Waals surface area contributed by atoms with E-state index in [-0.39, 0.29) is 12.1 Å². The molecular formula is C23H24N2O5. The minimum atomic E-state index is -0.371. The van der Waals surface area contributed by atoms with Gasteiger partial charge in [0.2, 0.25) is 5.89 Å². The van der Waals surface area contributed by atoms with E-state index in [1.54, 1.807) is 24.3 Å². The second-order valence-electron chi connectivity index (χ2n) is 7.29. The molecule has 4 rings (SSSR count). The smallest absolute Gasteiger partial charge is 0.337 e. The zero-order chi connectivity index (χ0) is 21.1. The number of esters is 1. The summed E-state index contributed by atoms with van der Waals surface area (Å²) in [6, 6.07) is 14.7. The molecule has 156 valence electrons. The third-order valence-electron chi connectivity index (χ3n) is 4.95. The molecule has 0 amide bonds. The second-order valence-corrected chi connectivity index (χ2v) is 7.29. The lowest BCUT2D eigenvalue weighted by atomic mass is 10.1. The van der Waals surface area contributed by atoms with Crippen LogP contribution in [-0.2, 0) is 11.3 Å². The molecule has 2 heterocycles. The Labute approximate surface area is 175 Å². The first-order valence-electron chi connectivity index (χ1n) is 9.75. The van der Waals surface area contributed by atoms with Gasteiger partial charge in [-0.3, -0.25) is 4.90 Å². The monoisotopic (exact) mass is 408 g/mol. The second kappa shape index (κ2) is 8.59. The van der Waals surface area contributed by atoms with E-state index in [9.17, 15) is 4.79 Å². The Balaban J connectivity index is 1.39. The van der Waals surface area contributed by atoms with E-state index in [0.717, 1.165) is 28.5 Å². The van der Waals surface area contributed by atoms with Gasteiger partial charge in [0, 0.05) is 18.7 Å². The van der Waals surface area contributed by atoms with Crippen LogP contribution in [0.25, 0.3) is 11.5 Å². The number of rotatable bonds is 6. The molecule has 7 nitrogen and oxygen atoms in total. The van der Waals surface area contributed by atoms with E-state index in [1.807, 2.05) is 38.2 Å². The Hall–Kier alpha value is -3.32.